The molecular weight excluding hydrogens is 394 g/mol. The predicted octanol–water partition coefficient (Wildman–Crippen LogP) is 4.19. The molecule has 0 aromatic heterocycles. The van der Waals surface area contributed by atoms with Crippen LogP contribution in [-0.4, -0.2) is 24.8 Å². The molecule has 0 radical (unpaired) electrons. The van der Waals surface area contributed by atoms with Crippen LogP contribution in [0, 0.1) is 0 Å². The molecule has 19 heavy (non-hydrogen) atoms. The molecular formula is C13H17Br2NO2S. The highest BCUT2D eigenvalue weighted by atomic mass is 79.9. The van der Waals surface area contributed by atoms with Gasteiger partial charge in [-0.25, -0.2) is 8.42 Å². The molecule has 6 heteroatoms. The fraction of sp³-hybridized carbons (Fsp3) is 0.385. The van der Waals surface area contributed by atoms with E-state index in [0.717, 1.165) is 4.47 Å². The summed E-state index contributed by atoms with van der Waals surface area (Å²) in [5.41, 5.74) is -0.514. The molecule has 0 saturated carbocycles. The lowest BCUT2D eigenvalue weighted by Gasteiger charge is -2.33. The van der Waals surface area contributed by atoms with Gasteiger partial charge < -0.3 is 0 Å². The van der Waals surface area contributed by atoms with E-state index in [9.17, 15) is 8.42 Å². The number of sulfonamides is 1. The monoisotopic (exact) mass is 409 g/mol. The van der Waals surface area contributed by atoms with Gasteiger partial charge in [-0.05, 0) is 54.9 Å². The van der Waals surface area contributed by atoms with Crippen molar-refractivity contribution in [3.05, 3.63) is 39.8 Å². The first-order valence-electron chi connectivity index (χ1n) is 5.69. The van der Waals surface area contributed by atoms with Gasteiger partial charge in [0, 0.05) is 21.0 Å². The molecule has 0 saturated heterocycles. The van der Waals surface area contributed by atoms with Gasteiger partial charge in [-0.2, -0.15) is 4.31 Å². The maximum absolute atomic E-state index is 12.7. The van der Waals surface area contributed by atoms with Crippen LogP contribution in [0.5, 0.6) is 0 Å². The standard InChI is InChI=1S/C13H17Br2NO2S/c1-5-8-16(13(2,3)4)19(17,18)12-7-6-10(14)9-11(12)15/h5-7,9H,1,8H2,2-4H3. The lowest BCUT2D eigenvalue weighted by atomic mass is 10.1. The van der Waals surface area contributed by atoms with Crippen LogP contribution < -0.4 is 0 Å². The summed E-state index contributed by atoms with van der Waals surface area (Å²) in [6.45, 7) is 9.49. The molecule has 0 N–H and O–H groups in total. The highest BCUT2D eigenvalue weighted by Crippen LogP contribution is 2.31. The summed E-state index contributed by atoms with van der Waals surface area (Å²) in [5, 5.41) is 0. The quantitative estimate of drug-likeness (QED) is 0.698. The van der Waals surface area contributed by atoms with Crippen LogP contribution in [0.2, 0.25) is 0 Å². The van der Waals surface area contributed by atoms with E-state index >= 15 is 0 Å². The van der Waals surface area contributed by atoms with Gasteiger partial charge in [0.2, 0.25) is 10.0 Å². The summed E-state index contributed by atoms with van der Waals surface area (Å²) in [6.07, 6.45) is 1.59. The van der Waals surface area contributed by atoms with Gasteiger partial charge in [0.05, 0.1) is 4.90 Å². The molecule has 0 amide bonds. The van der Waals surface area contributed by atoms with Crippen LogP contribution in [-0.2, 0) is 10.0 Å². The average molecular weight is 411 g/mol. The van der Waals surface area contributed by atoms with Crippen LogP contribution in [0.25, 0.3) is 0 Å². The molecule has 0 aliphatic rings. The van der Waals surface area contributed by atoms with Crippen LogP contribution >= 0.6 is 31.9 Å². The van der Waals surface area contributed by atoms with Crippen LogP contribution in [0.1, 0.15) is 20.8 Å². The van der Waals surface area contributed by atoms with Gasteiger partial charge in [-0.3, -0.25) is 0 Å². The summed E-state index contributed by atoms with van der Waals surface area (Å²) < 4.78 is 28.3. The lowest BCUT2D eigenvalue weighted by molar-refractivity contribution is 0.269. The fourth-order valence-electron chi connectivity index (χ4n) is 1.65. The summed E-state index contributed by atoms with van der Waals surface area (Å²) in [5.74, 6) is 0. The first kappa shape index (κ1) is 16.9. The van der Waals surface area contributed by atoms with Crippen LogP contribution in [0.3, 0.4) is 0 Å². The van der Waals surface area contributed by atoms with E-state index in [1.807, 2.05) is 20.8 Å². The lowest BCUT2D eigenvalue weighted by Crippen LogP contribution is -2.45. The van der Waals surface area contributed by atoms with Crippen molar-refractivity contribution in [1.29, 1.82) is 0 Å². The number of hydrogen-bond donors (Lipinski definition) is 0. The molecule has 1 aromatic rings. The van der Waals surface area contributed by atoms with E-state index in [4.69, 9.17) is 0 Å². The molecule has 0 fully saturated rings. The Labute approximate surface area is 132 Å². The SMILES string of the molecule is C=CCN(C(C)(C)C)S(=O)(=O)c1ccc(Br)cc1Br. The number of rotatable bonds is 4. The summed E-state index contributed by atoms with van der Waals surface area (Å²) in [7, 11) is -3.57. The minimum absolute atomic E-state index is 0.257. The summed E-state index contributed by atoms with van der Waals surface area (Å²) >= 11 is 6.62. The van der Waals surface area contributed by atoms with Crippen molar-refractivity contribution in [2.75, 3.05) is 6.54 Å². The first-order valence-corrected chi connectivity index (χ1v) is 8.72. The Morgan fingerprint density at radius 1 is 1.32 bits per heavy atom. The molecule has 1 aromatic carbocycles. The van der Waals surface area contributed by atoms with E-state index < -0.39 is 15.6 Å². The topological polar surface area (TPSA) is 37.4 Å². The van der Waals surface area contributed by atoms with Crippen molar-refractivity contribution < 1.29 is 8.42 Å². The molecule has 3 nitrogen and oxygen atoms in total. The van der Waals surface area contributed by atoms with Crippen molar-refractivity contribution in [3.8, 4) is 0 Å². The van der Waals surface area contributed by atoms with Gasteiger partial charge in [0.25, 0.3) is 0 Å². The Kier molecular flexibility index (Phi) is 5.40. The zero-order valence-corrected chi connectivity index (χ0v) is 15.1. The normalized spacial score (nSPS) is 12.7. The zero-order chi connectivity index (χ0) is 14.8. The number of nitrogens with zero attached hydrogens (tertiary/aromatic N) is 1. The molecule has 0 aliphatic heterocycles. The minimum Gasteiger partial charge on any atom is -0.207 e. The second-order valence-corrected chi connectivity index (χ2v) is 8.67. The third-order valence-electron chi connectivity index (χ3n) is 2.51. The number of halogens is 2. The summed E-state index contributed by atoms with van der Waals surface area (Å²) in [4.78, 5) is 0.257. The smallest absolute Gasteiger partial charge is 0.207 e. The van der Waals surface area contributed by atoms with Crippen molar-refractivity contribution in [2.45, 2.75) is 31.2 Å². The van der Waals surface area contributed by atoms with E-state index in [1.165, 1.54) is 4.31 Å². The largest absolute Gasteiger partial charge is 0.244 e. The van der Waals surface area contributed by atoms with Gasteiger partial charge in [0.15, 0.2) is 0 Å². The van der Waals surface area contributed by atoms with Crippen LogP contribution in [0.4, 0.5) is 0 Å². The van der Waals surface area contributed by atoms with E-state index in [2.05, 4.69) is 38.4 Å². The number of benzene rings is 1. The molecule has 0 bridgehead atoms. The summed E-state index contributed by atoms with van der Waals surface area (Å²) in [6, 6.07) is 5.03. The Morgan fingerprint density at radius 3 is 2.32 bits per heavy atom. The van der Waals surface area contributed by atoms with Gasteiger partial charge in [-0.15, -0.1) is 6.58 Å². The molecule has 1 rings (SSSR count). The van der Waals surface area contributed by atoms with E-state index in [-0.39, 0.29) is 11.4 Å². The molecule has 0 heterocycles. The Hall–Kier alpha value is -0.170. The van der Waals surface area contributed by atoms with Gasteiger partial charge in [-0.1, -0.05) is 22.0 Å². The third-order valence-corrected chi connectivity index (χ3v) is 6.11. The maximum atomic E-state index is 12.7. The zero-order valence-electron chi connectivity index (χ0n) is 11.2. The highest BCUT2D eigenvalue weighted by molar-refractivity contribution is 9.11. The van der Waals surface area contributed by atoms with E-state index in [1.54, 1.807) is 24.3 Å². The Morgan fingerprint density at radius 2 is 1.89 bits per heavy atom. The second-order valence-electron chi connectivity index (χ2n) is 5.07. The first-order chi connectivity index (χ1) is 8.60. The second kappa shape index (κ2) is 6.08. The molecule has 0 spiro atoms. The highest BCUT2D eigenvalue weighted by Gasteiger charge is 2.34. The van der Waals surface area contributed by atoms with Crippen molar-refractivity contribution in [3.63, 3.8) is 0 Å². The van der Waals surface area contributed by atoms with Gasteiger partial charge in [0.1, 0.15) is 0 Å². The molecule has 0 atom stereocenters. The fourth-order valence-corrected chi connectivity index (χ4v) is 5.12. The van der Waals surface area contributed by atoms with Crippen molar-refractivity contribution in [2.24, 2.45) is 0 Å². The van der Waals surface area contributed by atoms with Gasteiger partial charge >= 0.3 is 0 Å². The third kappa shape index (κ3) is 3.90. The molecule has 106 valence electrons. The minimum atomic E-state index is -3.57. The van der Waals surface area contributed by atoms with E-state index in [0.29, 0.717) is 4.47 Å². The van der Waals surface area contributed by atoms with Crippen molar-refractivity contribution in [1.82, 2.24) is 4.31 Å². The van der Waals surface area contributed by atoms with Crippen LogP contribution in [0.15, 0.2) is 44.7 Å². The molecule has 0 unspecified atom stereocenters. The number of hydrogen-bond acceptors (Lipinski definition) is 2. The Balaban J connectivity index is 3.39. The molecule has 0 aliphatic carbocycles. The van der Waals surface area contributed by atoms with Crippen molar-refractivity contribution >= 4 is 41.9 Å². The maximum Gasteiger partial charge on any atom is 0.244 e. The predicted molar refractivity (Wildman–Crippen MR) is 85.7 cm³/mol. The Bertz CT molecular complexity index is 577. The average Bonchev–Trinajstić information content (AvgIpc) is 2.23.